The molecule has 0 radical (unpaired) electrons. The summed E-state index contributed by atoms with van der Waals surface area (Å²) in [5.41, 5.74) is -0.0786. The molecule has 2 rings (SSSR count). The lowest BCUT2D eigenvalue weighted by molar-refractivity contribution is 0.106. The van der Waals surface area contributed by atoms with Gasteiger partial charge in [-0.1, -0.05) is 34.6 Å². The molecule has 1 N–H and O–H groups in total. The van der Waals surface area contributed by atoms with Gasteiger partial charge in [-0.3, -0.25) is 4.90 Å². The number of nitrogens with one attached hydrogen (secondary N) is 1. The first kappa shape index (κ1) is 15.4. The molecule has 2 atom stereocenters. The molecule has 0 saturated carbocycles. The van der Waals surface area contributed by atoms with E-state index in [1.807, 2.05) is 0 Å². The van der Waals surface area contributed by atoms with Gasteiger partial charge < -0.3 is 9.73 Å². The number of nitrogens with zero attached hydrogens (tertiary/aromatic N) is 3. The van der Waals surface area contributed by atoms with E-state index in [0.29, 0.717) is 12.1 Å². The Kier molecular flexibility index (Phi) is 4.81. The zero-order chi connectivity index (χ0) is 14.8. The summed E-state index contributed by atoms with van der Waals surface area (Å²) in [6, 6.07) is 1.13. The van der Waals surface area contributed by atoms with E-state index in [0.717, 1.165) is 44.3 Å². The van der Waals surface area contributed by atoms with Crippen LogP contribution in [0.25, 0.3) is 0 Å². The molecular weight excluding hydrogens is 252 g/mol. The molecule has 0 spiro atoms. The Labute approximate surface area is 122 Å². The van der Waals surface area contributed by atoms with Crippen LogP contribution in [-0.4, -0.2) is 40.3 Å². The summed E-state index contributed by atoms with van der Waals surface area (Å²) in [7, 11) is 0. The van der Waals surface area contributed by atoms with Gasteiger partial charge in [0.15, 0.2) is 0 Å². The Bertz CT molecular complexity index is 424. The average molecular weight is 280 g/mol. The molecule has 0 aliphatic carbocycles. The van der Waals surface area contributed by atoms with Crippen LogP contribution in [0, 0.1) is 0 Å². The first-order valence-electron chi connectivity index (χ1n) is 7.74. The van der Waals surface area contributed by atoms with Gasteiger partial charge in [-0.2, -0.15) is 0 Å². The van der Waals surface area contributed by atoms with Gasteiger partial charge in [0, 0.05) is 30.6 Å². The van der Waals surface area contributed by atoms with Gasteiger partial charge in [0.1, 0.15) is 0 Å². The second-order valence-corrected chi connectivity index (χ2v) is 6.76. The SMILES string of the molecule is CCC1CN(Cc2nnc(C(C)(C)C)o2)C(CC)CN1. The van der Waals surface area contributed by atoms with E-state index in [4.69, 9.17) is 4.42 Å². The molecule has 1 aliphatic heterocycles. The van der Waals surface area contributed by atoms with Gasteiger partial charge in [-0.05, 0) is 12.8 Å². The van der Waals surface area contributed by atoms with Crippen LogP contribution < -0.4 is 5.32 Å². The maximum atomic E-state index is 5.83. The van der Waals surface area contributed by atoms with Crippen molar-refractivity contribution in [1.82, 2.24) is 20.4 Å². The predicted molar refractivity (Wildman–Crippen MR) is 79.6 cm³/mol. The second-order valence-electron chi connectivity index (χ2n) is 6.76. The van der Waals surface area contributed by atoms with Crippen molar-refractivity contribution in [3.63, 3.8) is 0 Å². The molecule has 1 saturated heterocycles. The minimum atomic E-state index is -0.0786. The molecule has 1 aromatic heterocycles. The summed E-state index contributed by atoms with van der Waals surface area (Å²) in [4.78, 5) is 2.48. The Balaban J connectivity index is 2.04. The van der Waals surface area contributed by atoms with Crippen molar-refractivity contribution in [2.45, 2.75) is 71.5 Å². The van der Waals surface area contributed by atoms with Gasteiger partial charge in [-0.25, -0.2) is 0 Å². The highest BCUT2D eigenvalue weighted by Crippen LogP contribution is 2.22. The summed E-state index contributed by atoms with van der Waals surface area (Å²) >= 11 is 0. The van der Waals surface area contributed by atoms with Crippen molar-refractivity contribution in [3.8, 4) is 0 Å². The van der Waals surface area contributed by atoms with E-state index >= 15 is 0 Å². The smallest absolute Gasteiger partial charge is 0.230 e. The summed E-state index contributed by atoms with van der Waals surface area (Å²) in [5, 5.41) is 12.0. The van der Waals surface area contributed by atoms with E-state index in [1.165, 1.54) is 0 Å². The highest BCUT2D eigenvalue weighted by Gasteiger charge is 2.28. The Hall–Kier alpha value is -0.940. The maximum absolute atomic E-state index is 5.83. The second kappa shape index (κ2) is 6.22. The molecule has 114 valence electrons. The maximum Gasteiger partial charge on any atom is 0.230 e. The molecule has 20 heavy (non-hydrogen) atoms. The molecule has 1 fully saturated rings. The molecule has 1 aliphatic rings. The predicted octanol–water partition coefficient (Wildman–Crippen LogP) is 2.33. The fourth-order valence-corrected chi connectivity index (χ4v) is 2.59. The fourth-order valence-electron chi connectivity index (χ4n) is 2.59. The van der Waals surface area contributed by atoms with E-state index in [2.05, 4.69) is 55.0 Å². The quantitative estimate of drug-likeness (QED) is 0.917. The summed E-state index contributed by atoms with van der Waals surface area (Å²) in [6.07, 6.45) is 2.30. The van der Waals surface area contributed by atoms with Crippen molar-refractivity contribution in [3.05, 3.63) is 11.8 Å². The zero-order valence-corrected chi connectivity index (χ0v) is 13.4. The summed E-state index contributed by atoms with van der Waals surface area (Å²) < 4.78 is 5.83. The molecule has 5 nitrogen and oxygen atoms in total. The highest BCUT2D eigenvalue weighted by molar-refractivity contribution is 4.97. The molecule has 5 heteroatoms. The van der Waals surface area contributed by atoms with Crippen LogP contribution in [0.15, 0.2) is 4.42 Å². The van der Waals surface area contributed by atoms with Gasteiger partial charge in [0.2, 0.25) is 11.8 Å². The van der Waals surface area contributed by atoms with Crippen LogP contribution in [0.3, 0.4) is 0 Å². The zero-order valence-electron chi connectivity index (χ0n) is 13.4. The van der Waals surface area contributed by atoms with Crippen LogP contribution in [-0.2, 0) is 12.0 Å². The third kappa shape index (κ3) is 3.58. The standard InChI is InChI=1S/C15H28N4O/c1-6-11-9-19(12(7-2)8-16-11)10-13-17-18-14(20-13)15(3,4)5/h11-12,16H,6-10H2,1-5H3. The van der Waals surface area contributed by atoms with Crippen molar-refractivity contribution in [2.24, 2.45) is 0 Å². The highest BCUT2D eigenvalue weighted by atomic mass is 16.4. The number of aromatic nitrogens is 2. The molecule has 1 aromatic rings. The van der Waals surface area contributed by atoms with E-state index < -0.39 is 0 Å². The van der Waals surface area contributed by atoms with Crippen molar-refractivity contribution >= 4 is 0 Å². The fraction of sp³-hybridized carbons (Fsp3) is 0.867. The van der Waals surface area contributed by atoms with Crippen molar-refractivity contribution in [1.29, 1.82) is 0 Å². The van der Waals surface area contributed by atoms with Gasteiger partial charge in [0.05, 0.1) is 6.54 Å². The number of hydrogen-bond acceptors (Lipinski definition) is 5. The van der Waals surface area contributed by atoms with Crippen molar-refractivity contribution in [2.75, 3.05) is 13.1 Å². The number of rotatable bonds is 4. The van der Waals surface area contributed by atoms with Crippen LogP contribution in [0.4, 0.5) is 0 Å². The monoisotopic (exact) mass is 280 g/mol. The lowest BCUT2D eigenvalue weighted by Crippen LogP contribution is -2.55. The van der Waals surface area contributed by atoms with Crippen LogP contribution in [0.1, 0.15) is 59.2 Å². The molecule has 2 unspecified atom stereocenters. The van der Waals surface area contributed by atoms with E-state index in [9.17, 15) is 0 Å². The first-order valence-corrected chi connectivity index (χ1v) is 7.74. The van der Waals surface area contributed by atoms with Gasteiger partial charge in [0.25, 0.3) is 0 Å². The lowest BCUT2D eigenvalue weighted by Gasteiger charge is -2.39. The van der Waals surface area contributed by atoms with Crippen LogP contribution in [0.2, 0.25) is 0 Å². The minimum Gasteiger partial charge on any atom is -0.423 e. The Morgan fingerprint density at radius 3 is 2.55 bits per heavy atom. The summed E-state index contributed by atoms with van der Waals surface area (Å²) in [6.45, 7) is 13.6. The lowest BCUT2D eigenvalue weighted by atomic mass is 9.97. The third-order valence-electron chi connectivity index (χ3n) is 4.02. The van der Waals surface area contributed by atoms with Crippen molar-refractivity contribution < 1.29 is 4.42 Å². The third-order valence-corrected chi connectivity index (χ3v) is 4.02. The average Bonchev–Trinajstić information content (AvgIpc) is 2.87. The Morgan fingerprint density at radius 2 is 2.00 bits per heavy atom. The number of hydrogen-bond donors (Lipinski definition) is 1. The molecule has 2 heterocycles. The summed E-state index contributed by atoms with van der Waals surface area (Å²) in [5.74, 6) is 1.47. The minimum absolute atomic E-state index is 0.0786. The topological polar surface area (TPSA) is 54.2 Å². The number of piperazine rings is 1. The normalized spacial score (nSPS) is 25.1. The van der Waals surface area contributed by atoms with E-state index in [1.54, 1.807) is 0 Å². The van der Waals surface area contributed by atoms with Gasteiger partial charge >= 0.3 is 0 Å². The first-order chi connectivity index (χ1) is 9.44. The largest absolute Gasteiger partial charge is 0.423 e. The van der Waals surface area contributed by atoms with Crippen LogP contribution >= 0.6 is 0 Å². The molecular formula is C15H28N4O. The Morgan fingerprint density at radius 1 is 1.25 bits per heavy atom. The molecule has 0 amide bonds. The van der Waals surface area contributed by atoms with Gasteiger partial charge in [-0.15, -0.1) is 10.2 Å². The van der Waals surface area contributed by atoms with Crippen LogP contribution in [0.5, 0.6) is 0 Å². The molecule has 0 bridgehead atoms. The van der Waals surface area contributed by atoms with E-state index in [-0.39, 0.29) is 5.41 Å². The molecule has 0 aromatic carbocycles.